The highest BCUT2D eigenvalue weighted by Crippen LogP contribution is 2.12. The Labute approximate surface area is 180 Å². The van der Waals surface area contributed by atoms with Crippen molar-refractivity contribution in [2.24, 2.45) is 17.8 Å². The van der Waals surface area contributed by atoms with E-state index in [1.54, 1.807) is 0 Å². The Morgan fingerprint density at radius 1 is 0.586 bits per heavy atom. The number of hydrogen-bond donors (Lipinski definition) is 0. The fourth-order valence-electron chi connectivity index (χ4n) is 3.19. The Morgan fingerprint density at radius 2 is 1.03 bits per heavy atom. The summed E-state index contributed by atoms with van der Waals surface area (Å²) in [4.78, 5) is 23.5. The van der Waals surface area contributed by atoms with Crippen molar-refractivity contribution in [1.82, 2.24) is 0 Å². The summed E-state index contributed by atoms with van der Waals surface area (Å²) in [6.07, 6.45) is 13.2. The maximum Gasteiger partial charge on any atom is 0.305 e. The van der Waals surface area contributed by atoms with E-state index >= 15 is 0 Å². The van der Waals surface area contributed by atoms with E-state index in [0.29, 0.717) is 26.1 Å². The van der Waals surface area contributed by atoms with Crippen LogP contribution in [-0.2, 0) is 19.1 Å². The van der Waals surface area contributed by atoms with Gasteiger partial charge in [0.15, 0.2) is 0 Å². The van der Waals surface area contributed by atoms with Gasteiger partial charge >= 0.3 is 11.9 Å². The number of ether oxygens (including phenoxy) is 2. The summed E-state index contributed by atoms with van der Waals surface area (Å²) in [5, 5.41) is 0. The molecule has 1 unspecified atom stereocenters. The first-order chi connectivity index (χ1) is 13.8. The molecule has 172 valence electrons. The van der Waals surface area contributed by atoms with Crippen molar-refractivity contribution >= 4 is 11.9 Å². The van der Waals surface area contributed by atoms with Gasteiger partial charge in [0.2, 0.25) is 0 Å². The summed E-state index contributed by atoms with van der Waals surface area (Å²) in [5.41, 5.74) is 0. The van der Waals surface area contributed by atoms with Crippen LogP contribution in [0.2, 0.25) is 0 Å². The lowest BCUT2D eigenvalue weighted by atomic mass is 10.0. The summed E-state index contributed by atoms with van der Waals surface area (Å²) < 4.78 is 10.6. The van der Waals surface area contributed by atoms with Crippen molar-refractivity contribution in [1.29, 1.82) is 0 Å². The minimum Gasteiger partial charge on any atom is -0.466 e. The van der Waals surface area contributed by atoms with E-state index < -0.39 is 0 Å². The third-order valence-electron chi connectivity index (χ3n) is 5.23. The molecule has 0 fully saturated rings. The Balaban J connectivity index is 3.50. The van der Waals surface area contributed by atoms with Gasteiger partial charge in [-0.15, -0.1) is 0 Å². The van der Waals surface area contributed by atoms with E-state index in [4.69, 9.17) is 9.47 Å². The predicted molar refractivity (Wildman–Crippen MR) is 121 cm³/mol. The van der Waals surface area contributed by atoms with Crippen molar-refractivity contribution in [3.05, 3.63) is 0 Å². The normalized spacial score (nSPS) is 12.4. The van der Waals surface area contributed by atoms with E-state index in [1.165, 1.54) is 38.5 Å². The van der Waals surface area contributed by atoms with Crippen molar-refractivity contribution in [3.63, 3.8) is 0 Å². The molecule has 0 spiro atoms. The molecule has 0 saturated heterocycles. The van der Waals surface area contributed by atoms with E-state index in [0.717, 1.165) is 43.9 Å². The van der Waals surface area contributed by atoms with E-state index in [2.05, 4.69) is 27.7 Å². The molecule has 29 heavy (non-hydrogen) atoms. The quantitative estimate of drug-likeness (QED) is 0.168. The number of rotatable bonds is 19. The zero-order chi connectivity index (χ0) is 21.9. The van der Waals surface area contributed by atoms with E-state index in [9.17, 15) is 9.59 Å². The molecule has 1 atom stereocenters. The topological polar surface area (TPSA) is 52.6 Å². The first kappa shape index (κ1) is 27.9. The van der Waals surface area contributed by atoms with Gasteiger partial charge in [-0.2, -0.15) is 0 Å². The van der Waals surface area contributed by atoms with Crippen LogP contribution in [-0.4, -0.2) is 25.2 Å². The van der Waals surface area contributed by atoms with Crippen LogP contribution in [0.3, 0.4) is 0 Å². The SMILES string of the molecule is CC(C)CCCCCCC(=O)OCCC(C)COC(=O)CCCCCCC(C)C. The molecule has 0 aromatic rings. The van der Waals surface area contributed by atoms with Crippen molar-refractivity contribution in [3.8, 4) is 0 Å². The lowest BCUT2D eigenvalue weighted by molar-refractivity contribution is -0.147. The van der Waals surface area contributed by atoms with Gasteiger partial charge < -0.3 is 9.47 Å². The number of carbonyl (C=O) groups is 2. The second kappa shape index (κ2) is 18.9. The smallest absolute Gasteiger partial charge is 0.305 e. The van der Waals surface area contributed by atoms with Gasteiger partial charge in [-0.25, -0.2) is 0 Å². The van der Waals surface area contributed by atoms with Crippen LogP contribution in [0.25, 0.3) is 0 Å². The maximum absolute atomic E-state index is 11.8. The van der Waals surface area contributed by atoms with Crippen LogP contribution >= 0.6 is 0 Å². The van der Waals surface area contributed by atoms with Crippen LogP contribution in [0, 0.1) is 17.8 Å². The van der Waals surface area contributed by atoms with Gasteiger partial charge in [0.1, 0.15) is 0 Å². The molecule has 0 aromatic carbocycles. The van der Waals surface area contributed by atoms with Crippen LogP contribution in [0.15, 0.2) is 0 Å². The number of hydrogen-bond acceptors (Lipinski definition) is 4. The lowest BCUT2D eigenvalue weighted by Crippen LogP contribution is -2.15. The summed E-state index contributed by atoms with van der Waals surface area (Å²) in [7, 11) is 0. The van der Waals surface area contributed by atoms with Crippen LogP contribution in [0.5, 0.6) is 0 Å². The average Bonchev–Trinajstić information content (AvgIpc) is 2.65. The fraction of sp³-hybridized carbons (Fsp3) is 0.920. The highest BCUT2D eigenvalue weighted by Gasteiger charge is 2.09. The van der Waals surface area contributed by atoms with Crippen LogP contribution < -0.4 is 0 Å². The Bertz CT molecular complexity index is 404. The Hall–Kier alpha value is -1.06. The molecule has 0 aliphatic heterocycles. The van der Waals surface area contributed by atoms with Gasteiger partial charge in [-0.1, -0.05) is 86.0 Å². The molecule has 0 radical (unpaired) electrons. The van der Waals surface area contributed by atoms with Crippen molar-refractivity contribution in [2.75, 3.05) is 13.2 Å². The molecule has 0 saturated carbocycles. The number of unbranched alkanes of at least 4 members (excludes halogenated alkanes) is 6. The van der Waals surface area contributed by atoms with Crippen molar-refractivity contribution in [2.45, 2.75) is 118 Å². The highest BCUT2D eigenvalue weighted by molar-refractivity contribution is 5.69. The molecular weight excluding hydrogens is 364 g/mol. The van der Waals surface area contributed by atoms with Gasteiger partial charge in [0.25, 0.3) is 0 Å². The predicted octanol–water partition coefficient (Wildman–Crippen LogP) is 7.09. The Kier molecular flexibility index (Phi) is 18.2. The monoisotopic (exact) mass is 412 g/mol. The number of carbonyl (C=O) groups excluding carboxylic acids is 2. The largest absolute Gasteiger partial charge is 0.466 e. The molecule has 0 amide bonds. The molecule has 0 rings (SSSR count). The molecule has 0 heterocycles. The second-order valence-corrected chi connectivity index (χ2v) is 9.49. The molecular formula is C25H48O4. The number of esters is 2. The van der Waals surface area contributed by atoms with Gasteiger partial charge in [0, 0.05) is 12.8 Å². The van der Waals surface area contributed by atoms with Gasteiger partial charge in [-0.3, -0.25) is 9.59 Å². The zero-order valence-electron chi connectivity index (χ0n) is 20.0. The van der Waals surface area contributed by atoms with Crippen LogP contribution in [0.4, 0.5) is 0 Å². The highest BCUT2D eigenvalue weighted by atomic mass is 16.5. The maximum atomic E-state index is 11.8. The fourth-order valence-corrected chi connectivity index (χ4v) is 3.19. The molecule has 0 aliphatic carbocycles. The average molecular weight is 413 g/mol. The third kappa shape index (κ3) is 21.5. The summed E-state index contributed by atoms with van der Waals surface area (Å²) in [5.74, 6) is 1.54. The molecule has 0 N–H and O–H groups in total. The van der Waals surface area contributed by atoms with Gasteiger partial charge in [-0.05, 0) is 37.0 Å². The standard InChI is InChI=1S/C25H48O4/c1-21(2)14-10-6-8-12-16-24(26)28-19-18-23(5)20-29-25(27)17-13-9-7-11-15-22(3)4/h21-23H,6-20H2,1-5H3. The summed E-state index contributed by atoms with van der Waals surface area (Å²) in [6, 6.07) is 0. The first-order valence-electron chi connectivity index (χ1n) is 12.1. The van der Waals surface area contributed by atoms with Crippen LogP contribution in [0.1, 0.15) is 118 Å². The van der Waals surface area contributed by atoms with Gasteiger partial charge in [0.05, 0.1) is 13.2 Å². The Morgan fingerprint density at radius 3 is 1.52 bits per heavy atom. The minimum absolute atomic E-state index is 0.101. The third-order valence-corrected chi connectivity index (χ3v) is 5.23. The second-order valence-electron chi connectivity index (χ2n) is 9.49. The molecule has 0 aliphatic rings. The summed E-state index contributed by atoms with van der Waals surface area (Å²) >= 11 is 0. The molecule has 4 nitrogen and oxygen atoms in total. The molecule has 0 bridgehead atoms. The lowest BCUT2D eigenvalue weighted by Gasteiger charge is -2.12. The first-order valence-corrected chi connectivity index (χ1v) is 12.1. The van der Waals surface area contributed by atoms with E-state index in [-0.39, 0.29) is 17.9 Å². The molecule has 4 heteroatoms. The van der Waals surface area contributed by atoms with E-state index in [1.807, 2.05) is 6.92 Å². The summed E-state index contributed by atoms with van der Waals surface area (Å²) in [6.45, 7) is 11.8. The zero-order valence-corrected chi connectivity index (χ0v) is 20.0. The van der Waals surface area contributed by atoms with Crippen molar-refractivity contribution < 1.29 is 19.1 Å². The minimum atomic E-state index is -0.102. The molecule has 0 aromatic heterocycles.